The molecule has 4 nitrogen and oxygen atoms in total. The van der Waals surface area contributed by atoms with Gasteiger partial charge in [0, 0.05) is 25.4 Å². The first kappa shape index (κ1) is 26.2. The van der Waals surface area contributed by atoms with Gasteiger partial charge in [-0.3, -0.25) is 9.59 Å². The second kappa shape index (κ2) is 13.5. The molecule has 3 rings (SSSR count). The number of amides is 2. The molecule has 0 bridgehead atoms. The Kier molecular flexibility index (Phi) is 10.1. The van der Waals surface area contributed by atoms with Gasteiger partial charge in [0.2, 0.25) is 11.8 Å². The summed E-state index contributed by atoms with van der Waals surface area (Å²) in [5.74, 6) is -0.103. The highest BCUT2D eigenvalue weighted by Gasteiger charge is 2.30. The van der Waals surface area contributed by atoms with Gasteiger partial charge in [-0.15, -0.1) is 0 Å². The van der Waals surface area contributed by atoms with Gasteiger partial charge in [0.15, 0.2) is 0 Å². The number of aryl methyl sites for hydroxylation is 2. The topological polar surface area (TPSA) is 49.4 Å². The summed E-state index contributed by atoms with van der Waals surface area (Å²) < 4.78 is 0. The fraction of sp³-hybridized carbons (Fsp3) is 0.355. The second-order valence-corrected chi connectivity index (χ2v) is 9.20. The molecule has 0 saturated carbocycles. The summed E-state index contributed by atoms with van der Waals surface area (Å²) in [6.07, 6.45) is 3.33. The van der Waals surface area contributed by atoms with E-state index in [9.17, 15) is 9.59 Å². The maximum absolute atomic E-state index is 13.7. The van der Waals surface area contributed by atoms with E-state index in [0.29, 0.717) is 25.8 Å². The Morgan fingerprint density at radius 2 is 1.34 bits per heavy atom. The van der Waals surface area contributed by atoms with Gasteiger partial charge in [0.25, 0.3) is 0 Å². The minimum absolute atomic E-state index is 0.00588. The molecule has 4 heteroatoms. The van der Waals surface area contributed by atoms with Crippen molar-refractivity contribution in [2.75, 3.05) is 0 Å². The number of hydrogen-bond donors (Lipinski definition) is 1. The Morgan fingerprint density at radius 1 is 0.771 bits per heavy atom. The molecular weight excluding hydrogens is 432 g/mol. The van der Waals surface area contributed by atoms with Crippen molar-refractivity contribution in [2.45, 2.75) is 71.5 Å². The molecule has 0 aliphatic carbocycles. The molecule has 35 heavy (non-hydrogen) atoms. The van der Waals surface area contributed by atoms with Crippen molar-refractivity contribution < 1.29 is 9.59 Å². The molecular formula is C31H38N2O2. The van der Waals surface area contributed by atoms with Crippen LogP contribution in [-0.4, -0.2) is 28.8 Å². The van der Waals surface area contributed by atoms with Crippen LogP contribution in [0.1, 0.15) is 55.9 Å². The molecule has 3 aromatic rings. The van der Waals surface area contributed by atoms with E-state index in [0.717, 1.165) is 29.5 Å². The fourth-order valence-corrected chi connectivity index (χ4v) is 4.11. The van der Waals surface area contributed by atoms with Crippen molar-refractivity contribution in [1.82, 2.24) is 10.2 Å². The highest BCUT2D eigenvalue weighted by atomic mass is 16.2. The predicted octanol–water partition coefficient (Wildman–Crippen LogP) is 5.74. The van der Waals surface area contributed by atoms with Crippen LogP contribution < -0.4 is 5.32 Å². The van der Waals surface area contributed by atoms with Gasteiger partial charge in [0.05, 0.1) is 0 Å². The van der Waals surface area contributed by atoms with Crippen LogP contribution in [-0.2, 0) is 35.4 Å². The smallest absolute Gasteiger partial charge is 0.243 e. The third-order valence-corrected chi connectivity index (χ3v) is 6.53. The van der Waals surface area contributed by atoms with Crippen molar-refractivity contribution in [3.05, 3.63) is 107 Å². The Balaban J connectivity index is 1.86. The molecule has 0 spiro atoms. The first-order chi connectivity index (χ1) is 17.0. The lowest BCUT2D eigenvalue weighted by Crippen LogP contribution is -2.52. The third kappa shape index (κ3) is 8.10. The molecule has 0 unspecified atom stereocenters. The molecule has 0 aromatic heterocycles. The minimum Gasteiger partial charge on any atom is -0.352 e. The van der Waals surface area contributed by atoms with Crippen molar-refractivity contribution in [3.63, 3.8) is 0 Å². The Bertz CT molecular complexity index is 1050. The molecule has 1 N–H and O–H groups in total. The van der Waals surface area contributed by atoms with E-state index in [2.05, 4.69) is 36.5 Å². The number of nitrogens with zero attached hydrogens (tertiary/aromatic N) is 1. The van der Waals surface area contributed by atoms with Crippen LogP contribution in [0, 0.1) is 0 Å². The molecule has 0 saturated heterocycles. The summed E-state index contributed by atoms with van der Waals surface area (Å²) in [7, 11) is 0. The van der Waals surface area contributed by atoms with Gasteiger partial charge >= 0.3 is 0 Å². The molecule has 0 aliphatic rings. The summed E-state index contributed by atoms with van der Waals surface area (Å²) in [4.78, 5) is 29.0. The van der Waals surface area contributed by atoms with Gasteiger partial charge in [-0.2, -0.15) is 0 Å². The van der Waals surface area contributed by atoms with Crippen molar-refractivity contribution >= 4 is 11.8 Å². The van der Waals surface area contributed by atoms with E-state index in [4.69, 9.17) is 0 Å². The fourth-order valence-electron chi connectivity index (χ4n) is 4.11. The average molecular weight is 471 g/mol. The van der Waals surface area contributed by atoms with E-state index < -0.39 is 6.04 Å². The van der Waals surface area contributed by atoms with Crippen molar-refractivity contribution in [2.24, 2.45) is 0 Å². The van der Waals surface area contributed by atoms with Crippen molar-refractivity contribution in [1.29, 1.82) is 0 Å². The van der Waals surface area contributed by atoms with E-state index >= 15 is 0 Å². The lowest BCUT2D eigenvalue weighted by Gasteiger charge is -2.32. The zero-order valence-electron chi connectivity index (χ0n) is 21.2. The van der Waals surface area contributed by atoms with Crippen LogP contribution in [0.3, 0.4) is 0 Å². The van der Waals surface area contributed by atoms with Crippen LogP contribution in [0.4, 0.5) is 0 Å². The maximum Gasteiger partial charge on any atom is 0.243 e. The lowest BCUT2D eigenvalue weighted by molar-refractivity contribution is -0.141. The standard InChI is InChI=1S/C31H38N2O2/c1-4-24(3)32-31(35)29(22-27-12-8-6-9-13-27)33(23-28-14-10-7-11-15-28)30(34)21-20-26-18-16-25(5-2)17-19-26/h6-19,24,29H,4-5,20-23H2,1-3H3,(H,32,35)/t24-,29-/m1/s1. The molecule has 2 atom stereocenters. The number of hydrogen-bond acceptors (Lipinski definition) is 2. The average Bonchev–Trinajstić information content (AvgIpc) is 2.90. The monoisotopic (exact) mass is 470 g/mol. The Labute approximate surface area is 210 Å². The second-order valence-electron chi connectivity index (χ2n) is 9.20. The van der Waals surface area contributed by atoms with Crippen LogP contribution in [0.5, 0.6) is 0 Å². The number of carbonyl (C=O) groups is 2. The van der Waals surface area contributed by atoms with E-state index in [1.165, 1.54) is 5.56 Å². The van der Waals surface area contributed by atoms with Crippen LogP contribution in [0.25, 0.3) is 0 Å². The Morgan fingerprint density at radius 3 is 1.91 bits per heavy atom. The van der Waals surface area contributed by atoms with Gasteiger partial charge in [-0.25, -0.2) is 0 Å². The Hall–Kier alpha value is -3.40. The first-order valence-corrected chi connectivity index (χ1v) is 12.8. The molecule has 3 aromatic carbocycles. The van der Waals surface area contributed by atoms with Crippen LogP contribution in [0.15, 0.2) is 84.9 Å². The van der Waals surface area contributed by atoms with Crippen LogP contribution in [0.2, 0.25) is 0 Å². The highest BCUT2D eigenvalue weighted by molar-refractivity contribution is 5.88. The predicted molar refractivity (Wildman–Crippen MR) is 143 cm³/mol. The van der Waals surface area contributed by atoms with Gasteiger partial charge in [-0.05, 0) is 48.4 Å². The van der Waals surface area contributed by atoms with Crippen LogP contribution >= 0.6 is 0 Å². The zero-order valence-corrected chi connectivity index (χ0v) is 21.2. The molecule has 0 radical (unpaired) electrons. The highest BCUT2D eigenvalue weighted by Crippen LogP contribution is 2.17. The van der Waals surface area contributed by atoms with E-state index in [-0.39, 0.29) is 17.9 Å². The molecule has 0 fully saturated rings. The number of carbonyl (C=O) groups excluding carboxylic acids is 2. The van der Waals surface area contributed by atoms with Crippen molar-refractivity contribution in [3.8, 4) is 0 Å². The summed E-state index contributed by atoms with van der Waals surface area (Å²) in [6, 6.07) is 27.8. The van der Waals surface area contributed by atoms with Gasteiger partial charge < -0.3 is 10.2 Å². The summed E-state index contributed by atoms with van der Waals surface area (Å²) in [5.41, 5.74) is 4.48. The van der Waals surface area contributed by atoms with E-state index in [1.807, 2.05) is 74.5 Å². The first-order valence-electron chi connectivity index (χ1n) is 12.8. The number of benzene rings is 3. The SMILES string of the molecule is CCc1ccc(CCC(=O)N(Cc2ccccc2)[C@H](Cc2ccccc2)C(=O)N[C@H](C)CC)cc1. The minimum atomic E-state index is -0.582. The van der Waals surface area contributed by atoms with E-state index in [1.54, 1.807) is 4.90 Å². The summed E-state index contributed by atoms with van der Waals surface area (Å²) >= 11 is 0. The summed E-state index contributed by atoms with van der Waals surface area (Å²) in [6.45, 7) is 6.59. The molecule has 2 amide bonds. The number of nitrogens with one attached hydrogen (secondary N) is 1. The molecule has 0 aliphatic heterocycles. The number of rotatable bonds is 12. The largest absolute Gasteiger partial charge is 0.352 e. The quantitative estimate of drug-likeness (QED) is 0.367. The zero-order chi connectivity index (χ0) is 25.0. The lowest BCUT2D eigenvalue weighted by atomic mass is 10.0. The maximum atomic E-state index is 13.7. The van der Waals surface area contributed by atoms with Gasteiger partial charge in [0.1, 0.15) is 6.04 Å². The normalized spacial score (nSPS) is 12.5. The molecule has 0 heterocycles. The third-order valence-electron chi connectivity index (χ3n) is 6.53. The summed E-state index contributed by atoms with van der Waals surface area (Å²) in [5, 5.41) is 3.12. The molecule has 184 valence electrons. The van der Waals surface area contributed by atoms with Gasteiger partial charge in [-0.1, -0.05) is 98.8 Å².